The van der Waals surface area contributed by atoms with Crippen LogP contribution in [0.25, 0.3) is 22.2 Å². The minimum atomic E-state index is -0.531. The number of nitrogens with two attached hydrogens (primary N) is 1. The smallest absolute Gasteiger partial charge is 0.267 e. The van der Waals surface area contributed by atoms with Crippen LogP contribution in [-0.2, 0) is 17.9 Å². The van der Waals surface area contributed by atoms with Gasteiger partial charge in [0.15, 0.2) is 0 Å². The molecule has 0 radical (unpaired) electrons. The number of benzene rings is 1. The van der Waals surface area contributed by atoms with Gasteiger partial charge in [0.25, 0.3) is 5.91 Å². The zero-order valence-corrected chi connectivity index (χ0v) is 18.8. The zero-order chi connectivity index (χ0) is 22.8. The molecule has 1 atom stereocenters. The Morgan fingerprint density at radius 2 is 2.00 bits per heavy atom. The Morgan fingerprint density at radius 3 is 2.76 bits per heavy atom. The quantitative estimate of drug-likeness (QED) is 0.519. The summed E-state index contributed by atoms with van der Waals surface area (Å²) in [4.78, 5) is 28.1. The van der Waals surface area contributed by atoms with Crippen LogP contribution in [0.1, 0.15) is 54.6 Å². The number of hydrogen-bond donors (Lipinski definition) is 3. The number of aromatic nitrogens is 2. The van der Waals surface area contributed by atoms with Gasteiger partial charge < -0.3 is 20.9 Å². The highest BCUT2D eigenvalue weighted by molar-refractivity contribution is 5.92. The van der Waals surface area contributed by atoms with Crippen LogP contribution in [0, 0.1) is 5.92 Å². The number of primary amides is 1. The van der Waals surface area contributed by atoms with Crippen LogP contribution in [-0.4, -0.2) is 34.0 Å². The van der Waals surface area contributed by atoms with Crippen molar-refractivity contribution in [2.45, 2.75) is 57.7 Å². The molecule has 3 heterocycles. The average molecular weight is 446 g/mol. The van der Waals surface area contributed by atoms with Gasteiger partial charge in [-0.3, -0.25) is 9.59 Å². The van der Waals surface area contributed by atoms with E-state index in [1.54, 1.807) is 6.07 Å². The lowest BCUT2D eigenvalue weighted by Gasteiger charge is -2.22. The highest BCUT2D eigenvalue weighted by atomic mass is 16.2. The Hall–Kier alpha value is -3.19. The van der Waals surface area contributed by atoms with Crippen LogP contribution < -0.4 is 16.4 Å². The number of nitrogens with one attached hydrogen (secondary N) is 2. The predicted octanol–water partition coefficient (Wildman–Crippen LogP) is 3.36. The van der Waals surface area contributed by atoms with E-state index >= 15 is 0 Å². The number of hydrogen-bond acceptors (Lipinski definition) is 4. The molecular formula is C26H31N5O2. The summed E-state index contributed by atoms with van der Waals surface area (Å²) < 4.78 is 2.38. The maximum Gasteiger partial charge on any atom is 0.267 e. The lowest BCUT2D eigenvalue weighted by Crippen LogP contribution is -2.35. The second-order valence-electron chi connectivity index (χ2n) is 9.33. The molecular weight excluding hydrogens is 414 g/mol. The molecule has 7 heteroatoms. The SMILES string of the molecule is NC(=O)c1cccc(-c2ccc3c(c2)c(CN[C@H]2CCNC2=O)cn3CC2CCCCC2)n1. The summed E-state index contributed by atoms with van der Waals surface area (Å²) in [5, 5.41) is 7.49. The van der Waals surface area contributed by atoms with Crippen LogP contribution in [0.5, 0.6) is 0 Å². The van der Waals surface area contributed by atoms with Gasteiger partial charge >= 0.3 is 0 Å². The van der Waals surface area contributed by atoms with Crippen LogP contribution >= 0.6 is 0 Å². The molecule has 5 rings (SSSR count). The maximum absolute atomic E-state index is 12.0. The molecule has 1 aliphatic carbocycles. The van der Waals surface area contributed by atoms with Crippen LogP contribution in [0.15, 0.2) is 42.6 Å². The molecule has 1 aliphatic heterocycles. The number of carbonyl (C=O) groups excluding carboxylic acids is 2. The van der Waals surface area contributed by atoms with Crippen molar-refractivity contribution in [1.82, 2.24) is 20.2 Å². The molecule has 0 spiro atoms. The third-order valence-electron chi connectivity index (χ3n) is 7.03. The summed E-state index contributed by atoms with van der Waals surface area (Å²) in [5.41, 5.74) is 9.73. The molecule has 2 fully saturated rings. The van der Waals surface area contributed by atoms with Crippen molar-refractivity contribution in [3.63, 3.8) is 0 Å². The van der Waals surface area contributed by atoms with Gasteiger partial charge in [-0.1, -0.05) is 31.4 Å². The highest BCUT2D eigenvalue weighted by Crippen LogP contribution is 2.31. The summed E-state index contributed by atoms with van der Waals surface area (Å²) in [6, 6.07) is 11.6. The standard InChI is InChI=1S/C26H31N5O2/c27-25(32)22-8-4-7-21(30-22)18-9-10-24-20(13-18)19(14-29-23-11-12-28-26(23)33)16-31(24)15-17-5-2-1-3-6-17/h4,7-10,13,16-17,23,29H,1-3,5-6,11-12,14-15H2,(H2,27,32)(H,28,33)/t23-/m0/s1. The fourth-order valence-electron chi connectivity index (χ4n) is 5.22. The molecule has 172 valence electrons. The van der Waals surface area contributed by atoms with Crippen molar-refractivity contribution in [2.24, 2.45) is 11.7 Å². The predicted molar refractivity (Wildman–Crippen MR) is 129 cm³/mol. The number of amides is 2. The Bertz CT molecular complexity index is 1180. The van der Waals surface area contributed by atoms with Crippen LogP contribution in [0.4, 0.5) is 0 Å². The van der Waals surface area contributed by atoms with E-state index in [0.717, 1.165) is 36.2 Å². The third kappa shape index (κ3) is 4.64. The van der Waals surface area contributed by atoms with Crippen molar-refractivity contribution in [1.29, 1.82) is 0 Å². The number of carbonyl (C=O) groups is 2. The lowest BCUT2D eigenvalue weighted by molar-refractivity contribution is -0.120. The highest BCUT2D eigenvalue weighted by Gasteiger charge is 2.24. The van der Waals surface area contributed by atoms with Gasteiger partial charge in [-0.05, 0) is 55.0 Å². The van der Waals surface area contributed by atoms with Crippen molar-refractivity contribution in [3.8, 4) is 11.3 Å². The second kappa shape index (κ2) is 9.35. The molecule has 2 amide bonds. The Balaban J connectivity index is 1.49. The summed E-state index contributed by atoms with van der Waals surface area (Å²) in [6.07, 6.45) is 9.63. The first-order chi connectivity index (χ1) is 16.1. The van der Waals surface area contributed by atoms with Crippen molar-refractivity contribution < 1.29 is 9.59 Å². The first kappa shape index (κ1) is 21.6. The molecule has 3 aromatic rings. The molecule has 2 aromatic heterocycles. The van der Waals surface area contributed by atoms with Gasteiger partial charge in [-0.2, -0.15) is 0 Å². The van der Waals surface area contributed by atoms with Crippen LogP contribution in [0.2, 0.25) is 0 Å². The Morgan fingerprint density at radius 1 is 1.15 bits per heavy atom. The zero-order valence-electron chi connectivity index (χ0n) is 18.8. The number of pyridine rings is 1. The van der Waals surface area contributed by atoms with E-state index < -0.39 is 5.91 Å². The van der Waals surface area contributed by atoms with Gasteiger partial charge in [0.2, 0.25) is 5.91 Å². The van der Waals surface area contributed by atoms with E-state index in [4.69, 9.17) is 5.73 Å². The van der Waals surface area contributed by atoms with E-state index in [1.807, 2.05) is 12.1 Å². The van der Waals surface area contributed by atoms with Gasteiger partial charge in [0, 0.05) is 42.3 Å². The minimum Gasteiger partial charge on any atom is -0.364 e. The molecule has 1 saturated carbocycles. The molecule has 4 N–H and O–H groups in total. The summed E-state index contributed by atoms with van der Waals surface area (Å²) in [5.74, 6) is 0.259. The van der Waals surface area contributed by atoms with Gasteiger partial charge in [0.1, 0.15) is 5.69 Å². The first-order valence-electron chi connectivity index (χ1n) is 12.0. The second-order valence-corrected chi connectivity index (χ2v) is 9.33. The summed E-state index contributed by atoms with van der Waals surface area (Å²) >= 11 is 0. The van der Waals surface area contributed by atoms with Crippen molar-refractivity contribution >= 4 is 22.7 Å². The first-order valence-corrected chi connectivity index (χ1v) is 12.0. The van der Waals surface area contributed by atoms with Gasteiger partial charge in [0.05, 0.1) is 11.7 Å². The number of nitrogens with zero attached hydrogens (tertiary/aromatic N) is 2. The van der Waals surface area contributed by atoms with Crippen LogP contribution in [0.3, 0.4) is 0 Å². The molecule has 0 unspecified atom stereocenters. The van der Waals surface area contributed by atoms with E-state index in [9.17, 15) is 9.59 Å². The van der Waals surface area contributed by atoms with E-state index in [-0.39, 0.29) is 17.6 Å². The fourth-order valence-corrected chi connectivity index (χ4v) is 5.22. The summed E-state index contributed by atoms with van der Waals surface area (Å²) in [7, 11) is 0. The monoisotopic (exact) mass is 445 g/mol. The topological polar surface area (TPSA) is 102 Å². The maximum atomic E-state index is 12.0. The van der Waals surface area contributed by atoms with E-state index in [2.05, 4.69) is 44.6 Å². The minimum absolute atomic E-state index is 0.0779. The molecule has 33 heavy (non-hydrogen) atoms. The number of fused-ring (bicyclic) bond motifs is 1. The van der Waals surface area contributed by atoms with Crippen molar-refractivity contribution in [2.75, 3.05) is 6.54 Å². The third-order valence-corrected chi connectivity index (χ3v) is 7.03. The molecule has 7 nitrogen and oxygen atoms in total. The normalized spacial score (nSPS) is 19.2. The van der Waals surface area contributed by atoms with E-state index in [0.29, 0.717) is 12.5 Å². The molecule has 1 saturated heterocycles. The Labute approximate surface area is 193 Å². The Kier molecular flexibility index (Phi) is 6.13. The van der Waals surface area contributed by atoms with Crippen molar-refractivity contribution in [3.05, 3.63) is 53.9 Å². The molecule has 2 aliphatic rings. The average Bonchev–Trinajstić information content (AvgIpc) is 3.41. The van der Waals surface area contributed by atoms with Gasteiger partial charge in [-0.25, -0.2) is 4.98 Å². The summed E-state index contributed by atoms with van der Waals surface area (Å²) in [6.45, 7) is 2.38. The molecule has 1 aromatic carbocycles. The van der Waals surface area contributed by atoms with Gasteiger partial charge in [-0.15, -0.1) is 0 Å². The lowest BCUT2D eigenvalue weighted by atomic mass is 9.89. The fraction of sp³-hybridized carbons (Fsp3) is 0.423. The largest absolute Gasteiger partial charge is 0.364 e. The molecule has 0 bridgehead atoms. The van der Waals surface area contributed by atoms with E-state index in [1.165, 1.54) is 43.2 Å². The number of rotatable bonds is 7.